The number of esters is 1. The van der Waals surface area contributed by atoms with E-state index in [-0.39, 0.29) is 17.9 Å². The van der Waals surface area contributed by atoms with E-state index in [2.05, 4.69) is 12.1 Å². The van der Waals surface area contributed by atoms with Crippen molar-refractivity contribution in [3.63, 3.8) is 0 Å². The van der Waals surface area contributed by atoms with Gasteiger partial charge in [-0.25, -0.2) is 0 Å². The smallest absolute Gasteiger partial charge is 0.308 e. The van der Waals surface area contributed by atoms with Crippen molar-refractivity contribution in [3.8, 4) is 0 Å². The molecule has 19 heavy (non-hydrogen) atoms. The first-order valence-electron chi connectivity index (χ1n) is 7.22. The van der Waals surface area contributed by atoms with E-state index in [9.17, 15) is 4.79 Å². The van der Waals surface area contributed by atoms with Gasteiger partial charge in [0, 0.05) is 6.04 Å². The number of carbonyl (C=O) groups excluding carboxylic acids is 1. The minimum absolute atomic E-state index is 0.0282. The van der Waals surface area contributed by atoms with Gasteiger partial charge in [-0.2, -0.15) is 0 Å². The topological polar surface area (TPSA) is 52.3 Å². The number of ether oxygens (including phenoxy) is 1. The van der Waals surface area contributed by atoms with Crippen LogP contribution in [0.2, 0.25) is 0 Å². The zero-order valence-electron chi connectivity index (χ0n) is 11.4. The van der Waals surface area contributed by atoms with Crippen LogP contribution >= 0.6 is 0 Å². The summed E-state index contributed by atoms with van der Waals surface area (Å²) in [6.45, 7) is 0.513. The molecule has 0 aromatic heterocycles. The van der Waals surface area contributed by atoms with Gasteiger partial charge in [0.25, 0.3) is 0 Å². The third-order valence-corrected chi connectivity index (χ3v) is 3.75. The van der Waals surface area contributed by atoms with Crippen molar-refractivity contribution in [2.24, 2.45) is 11.7 Å². The summed E-state index contributed by atoms with van der Waals surface area (Å²) in [5, 5.41) is 0. The minimum atomic E-state index is -0.0526. The molecular weight excluding hydrogens is 238 g/mol. The van der Waals surface area contributed by atoms with Crippen molar-refractivity contribution in [1.82, 2.24) is 0 Å². The third-order valence-electron chi connectivity index (χ3n) is 3.75. The molecule has 0 heterocycles. The molecule has 1 saturated carbocycles. The molecule has 3 nitrogen and oxygen atoms in total. The summed E-state index contributed by atoms with van der Waals surface area (Å²) in [5.41, 5.74) is 7.18. The average Bonchev–Trinajstić information content (AvgIpc) is 2.44. The molecule has 1 aromatic rings. The van der Waals surface area contributed by atoms with Gasteiger partial charge in [-0.05, 0) is 37.7 Å². The van der Waals surface area contributed by atoms with Crippen molar-refractivity contribution in [2.75, 3.05) is 6.61 Å². The Morgan fingerprint density at radius 1 is 1.26 bits per heavy atom. The van der Waals surface area contributed by atoms with Crippen LogP contribution in [-0.2, 0) is 16.0 Å². The van der Waals surface area contributed by atoms with E-state index in [1.807, 2.05) is 18.2 Å². The van der Waals surface area contributed by atoms with Crippen LogP contribution in [0, 0.1) is 5.92 Å². The van der Waals surface area contributed by atoms with Crippen LogP contribution in [0.5, 0.6) is 0 Å². The molecule has 0 spiro atoms. The van der Waals surface area contributed by atoms with Gasteiger partial charge in [0.05, 0.1) is 12.5 Å². The maximum Gasteiger partial charge on any atom is 0.308 e. The second-order valence-corrected chi connectivity index (χ2v) is 5.38. The fourth-order valence-electron chi connectivity index (χ4n) is 2.65. The number of hydrogen-bond donors (Lipinski definition) is 1. The maximum absolute atomic E-state index is 11.9. The van der Waals surface area contributed by atoms with Crippen LogP contribution in [0.3, 0.4) is 0 Å². The van der Waals surface area contributed by atoms with E-state index in [0.29, 0.717) is 6.61 Å². The van der Waals surface area contributed by atoms with E-state index >= 15 is 0 Å². The predicted molar refractivity (Wildman–Crippen MR) is 75.7 cm³/mol. The van der Waals surface area contributed by atoms with Crippen LogP contribution < -0.4 is 5.73 Å². The van der Waals surface area contributed by atoms with E-state index in [1.165, 1.54) is 5.56 Å². The zero-order valence-corrected chi connectivity index (χ0v) is 11.4. The third kappa shape index (κ3) is 4.67. The summed E-state index contributed by atoms with van der Waals surface area (Å²) in [6.07, 6.45) is 5.65. The van der Waals surface area contributed by atoms with Gasteiger partial charge >= 0.3 is 5.97 Å². The average molecular weight is 261 g/mol. The molecule has 2 atom stereocenters. The Hall–Kier alpha value is -1.35. The molecule has 2 unspecified atom stereocenters. The van der Waals surface area contributed by atoms with E-state index in [4.69, 9.17) is 10.5 Å². The molecule has 0 aliphatic heterocycles. The van der Waals surface area contributed by atoms with Crippen LogP contribution in [0.1, 0.15) is 37.7 Å². The first-order valence-corrected chi connectivity index (χ1v) is 7.22. The standard InChI is InChI=1S/C16H23NO2/c17-15-10-4-9-14(12-15)16(18)19-11-5-8-13-6-2-1-3-7-13/h1-3,6-7,14-15H,4-5,8-12,17H2. The van der Waals surface area contributed by atoms with Crippen LogP contribution in [0.4, 0.5) is 0 Å². The molecule has 1 fully saturated rings. The minimum Gasteiger partial charge on any atom is -0.465 e. The molecule has 0 bridgehead atoms. The first kappa shape index (κ1) is 14.1. The summed E-state index contributed by atoms with van der Waals surface area (Å²) >= 11 is 0. The molecule has 1 aliphatic rings. The zero-order chi connectivity index (χ0) is 13.5. The van der Waals surface area contributed by atoms with Crippen molar-refractivity contribution in [1.29, 1.82) is 0 Å². The van der Waals surface area contributed by atoms with Crippen molar-refractivity contribution < 1.29 is 9.53 Å². The summed E-state index contributed by atoms with van der Waals surface area (Å²) < 4.78 is 5.36. The van der Waals surface area contributed by atoms with Gasteiger partial charge in [-0.15, -0.1) is 0 Å². The summed E-state index contributed by atoms with van der Waals surface area (Å²) in [5.74, 6) is -0.0244. The van der Waals surface area contributed by atoms with E-state index in [1.54, 1.807) is 0 Å². The largest absolute Gasteiger partial charge is 0.465 e. The van der Waals surface area contributed by atoms with E-state index < -0.39 is 0 Å². The second-order valence-electron chi connectivity index (χ2n) is 5.38. The Bertz CT molecular complexity index is 391. The van der Waals surface area contributed by atoms with E-state index in [0.717, 1.165) is 38.5 Å². The fraction of sp³-hybridized carbons (Fsp3) is 0.562. The number of hydrogen-bond acceptors (Lipinski definition) is 3. The number of rotatable bonds is 5. The summed E-state index contributed by atoms with van der Waals surface area (Å²) in [7, 11) is 0. The van der Waals surface area contributed by atoms with Gasteiger partial charge < -0.3 is 10.5 Å². The molecule has 0 amide bonds. The molecule has 3 heteroatoms. The normalized spacial score (nSPS) is 23.0. The Kier molecular flexibility index (Phi) is 5.40. The lowest BCUT2D eigenvalue weighted by Crippen LogP contribution is -2.32. The molecule has 0 radical (unpaired) electrons. The lowest BCUT2D eigenvalue weighted by atomic mass is 9.86. The molecule has 2 rings (SSSR count). The summed E-state index contributed by atoms with van der Waals surface area (Å²) in [6, 6.07) is 10.4. The van der Waals surface area contributed by atoms with Crippen molar-refractivity contribution >= 4 is 5.97 Å². The summed E-state index contributed by atoms with van der Waals surface area (Å²) in [4.78, 5) is 11.9. The van der Waals surface area contributed by atoms with Crippen LogP contribution in [-0.4, -0.2) is 18.6 Å². The molecule has 104 valence electrons. The monoisotopic (exact) mass is 261 g/mol. The maximum atomic E-state index is 11.9. The first-order chi connectivity index (χ1) is 9.25. The lowest BCUT2D eigenvalue weighted by Gasteiger charge is -2.24. The Balaban J connectivity index is 1.64. The number of benzene rings is 1. The Morgan fingerprint density at radius 3 is 2.79 bits per heavy atom. The quantitative estimate of drug-likeness (QED) is 0.655. The number of aryl methyl sites for hydroxylation is 1. The highest BCUT2D eigenvalue weighted by Gasteiger charge is 2.26. The van der Waals surface area contributed by atoms with Gasteiger partial charge in [0.2, 0.25) is 0 Å². The van der Waals surface area contributed by atoms with Crippen molar-refractivity contribution in [3.05, 3.63) is 35.9 Å². The molecule has 1 aromatic carbocycles. The highest BCUT2D eigenvalue weighted by atomic mass is 16.5. The highest BCUT2D eigenvalue weighted by molar-refractivity contribution is 5.72. The van der Waals surface area contributed by atoms with Crippen LogP contribution in [0.25, 0.3) is 0 Å². The van der Waals surface area contributed by atoms with Gasteiger partial charge in [-0.1, -0.05) is 36.8 Å². The van der Waals surface area contributed by atoms with Crippen molar-refractivity contribution in [2.45, 2.75) is 44.6 Å². The predicted octanol–water partition coefficient (Wildman–Crippen LogP) is 2.68. The van der Waals surface area contributed by atoms with Gasteiger partial charge in [-0.3, -0.25) is 4.79 Å². The number of nitrogens with two attached hydrogens (primary N) is 1. The Labute approximate surface area is 115 Å². The lowest BCUT2D eigenvalue weighted by molar-refractivity contribution is -0.149. The molecule has 2 N–H and O–H groups in total. The van der Waals surface area contributed by atoms with Gasteiger partial charge in [0.15, 0.2) is 0 Å². The SMILES string of the molecule is NC1CCCC(C(=O)OCCCc2ccccc2)C1. The fourth-order valence-corrected chi connectivity index (χ4v) is 2.65. The molecule has 0 saturated heterocycles. The molecule has 1 aliphatic carbocycles. The Morgan fingerprint density at radius 2 is 2.05 bits per heavy atom. The van der Waals surface area contributed by atoms with Crippen LogP contribution in [0.15, 0.2) is 30.3 Å². The highest BCUT2D eigenvalue weighted by Crippen LogP contribution is 2.24. The number of carbonyl (C=O) groups is 1. The second kappa shape index (κ2) is 7.29. The van der Waals surface area contributed by atoms with Gasteiger partial charge in [0.1, 0.15) is 0 Å². The molecular formula is C16H23NO2.